The van der Waals surface area contributed by atoms with Crippen LogP contribution in [0.5, 0.6) is 0 Å². The minimum Gasteiger partial charge on any atom is -0.308 e. The molecule has 2 rings (SSSR count). The van der Waals surface area contributed by atoms with Gasteiger partial charge in [0.25, 0.3) is 5.69 Å². The predicted octanol–water partition coefficient (Wildman–Crippen LogP) is 2.74. The Morgan fingerprint density at radius 1 is 1.38 bits per heavy atom. The normalized spacial score (nSPS) is 11.0. The van der Waals surface area contributed by atoms with Crippen LogP contribution in [-0.4, -0.2) is 14.7 Å². The topological polar surface area (TPSA) is 73.0 Å². The molecular weight excluding hydrogens is 268 g/mol. The first-order chi connectivity index (χ1) is 9.97. The number of nitrogens with zero attached hydrogens (tertiary/aromatic N) is 3. The smallest absolute Gasteiger partial charge is 0.269 e. The number of benzene rings is 1. The number of nitrogens with one attached hydrogen (secondary N) is 1. The Bertz CT molecular complexity index is 634. The van der Waals surface area contributed by atoms with E-state index in [1.165, 1.54) is 6.07 Å². The minimum atomic E-state index is -0.374. The third-order valence-corrected chi connectivity index (χ3v) is 3.25. The first-order valence-corrected chi connectivity index (χ1v) is 6.94. The standard InChI is InChI=1S/C15H20N4O2/c1-11(2)15-13(10-18(3)17-15)9-16-8-12-5-4-6-14(7-12)19(20)21/h4-7,10-11,16H,8-9H2,1-3H3. The Kier molecular flexibility index (Phi) is 4.70. The molecule has 112 valence electrons. The van der Waals surface area contributed by atoms with Gasteiger partial charge in [0.2, 0.25) is 0 Å². The molecule has 0 aliphatic rings. The maximum absolute atomic E-state index is 10.7. The number of nitro benzene ring substituents is 1. The van der Waals surface area contributed by atoms with E-state index in [0.29, 0.717) is 19.0 Å². The Balaban J connectivity index is 1.98. The van der Waals surface area contributed by atoms with Crippen LogP contribution in [0.3, 0.4) is 0 Å². The van der Waals surface area contributed by atoms with Crippen LogP contribution in [-0.2, 0) is 20.1 Å². The van der Waals surface area contributed by atoms with E-state index in [1.54, 1.807) is 12.1 Å². The van der Waals surface area contributed by atoms with Gasteiger partial charge in [-0.05, 0) is 11.5 Å². The number of aromatic nitrogens is 2. The highest BCUT2D eigenvalue weighted by atomic mass is 16.6. The van der Waals surface area contributed by atoms with E-state index >= 15 is 0 Å². The lowest BCUT2D eigenvalue weighted by molar-refractivity contribution is -0.384. The highest BCUT2D eigenvalue weighted by Gasteiger charge is 2.11. The Hall–Kier alpha value is -2.21. The van der Waals surface area contributed by atoms with Gasteiger partial charge in [-0.3, -0.25) is 14.8 Å². The van der Waals surface area contributed by atoms with E-state index in [9.17, 15) is 10.1 Å². The van der Waals surface area contributed by atoms with Crippen LogP contribution in [0.1, 0.15) is 36.6 Å². The molecule has 0 unspecified atom stereocenters. The summed E-state index contributed by atoms with van der Waals surface area (Å²) in [6, 6.07) is 6.69. The van der Waals surface area contributed by atoms with Gasteiger partial charge in [0, 0.05) is 44.0 Å². The van der Waals surface area contributed by atoms with Crippen molar-refractivity contribution in [1.29, 1.82) is 0 Å². The third kappa shape index (κ3) is 3.88. The summed E-state index contributed by atoms with van der Waals surface area (Å²) in [6.07, 6.45) is 2.01. The summed E-state index contributed by atoms with van der Waals surface area (Å²) >= 11 is 0. The lowest BCUT2D eigenvalue weighted by Crippen LogP contribution is -2.13. The van der Waals surface area contributed by atoms with Crippen molar-refractivity contribution in [3.63, 3.8) is 0 Å². The fraction of sp³-hybridized carbons (Fsp3) is 0.400. The van der Waals surface area contributed by atoms with Crippen LogP contribution < -0.4 is 5.32 Å². The molecule has 1 heterocycles. The molecule has 0 spiro atoms. The van der Waals surface area contributed by atoms with E-state index in [0.717, 1.165) is 16.8 Å². The van der Waals surface area contributed by atoms with Crippen molar-refractivity contribution in [2.45, 2.75) is 32.9 Å². The van der Waals surface area contributed by atoms with E-state index in [2.05, 4.69) is 24.3 Å². The van der Waals surface area contributed by atoms with Crippen molar-refractivity contribution >= 4 is 5.69 Å². The first kappa shape index (κ1) is 15.2. The maximum atomic E-state index is 10.7. The summed E-state index contributed by atoms with van der Waals surface area (Å²) in [4.78, 5) is 10.4. The largest absolute Gasteiger partial charge is 0.308 e. The van der Waals surface area contributed by atoms with Crippen LogP contribution in [0.2, 0.25) is 0 Å². The molecule has 21 heavy (non-hydrogen) atoms. The van der Waals surface area contributed by atoms with Crippen molar-refractivity contribution in [3.05, 3.63) is 57.4 Å². The molecule has 1 N–H and O–H groups in total. The van der Waals surface area contributed by atoms with Crippen molar-refractivity contribution in [2.24, 2.45) is 7.05 Å². The first-order valence-electron chi connectivity index (χ1n) is 6.94. The highest BCUT2D eigenvalue weighted by molar-refractivity contribution is 5.34. The zero-order chi connectivity index (χ0) is 15.4. The molecule has 0 saturated heterocycles. The van der Waals surface area contributed by atoms with Crippen LogP contribution in [0.4, 0.5) is 5.69 Å². The summed E-state index contributed by atoms with van der Waals surface area (Å²) in [7, 11) is 1.91. The molecule has 0 radical (unpaired) electrons. The minimum absolute atomic E-state index is 0.124. The van der Waals surface area contributed by atoms with Gasteiger partial charge >= 0.3 is 0 Å². The van der Waals surface area contributed by atoms with Crippen molar-refractivity contribution < 1.29 is 4.92 Å². The molecule has 6 nitrogen and oxygen atoms in total. The molecule has 0 amide bonds. The summed E-state index contributed by atoms with van der Waals surface area (Å²) in [5.74, 6) is 0.376. The molecule has 1 aromatic heterocycles. The number of non-ortho nitro benzene ring substituents is 1. The van der Waals surface area contributed by atoms with Crippen molar-refractivity contribution in [2.75, 3.05) is 0 Å². The number of nitro groups is 1. The molecule has 2 aromatic rings. The summed E-state index contributed by atoms with van der Waals surface area (Å²) < 4.78 is 1.82. The lowest BCUT2D eigenvalue weighted by atomic mass is 10.1. The van der Waals surface area contributed by atoms with Crippen LogP contribution in [0.25, 0.3) is 0 Å². The van der Waals surface area contributed by atoms with Gasteiger partial charge in [0.15, 0.2) is 0 Å². The Morgan fingerprint density at radius 2 is 2.14 bits per heavy atom. The zero-order valence-electron chi connectivity index (χ0n) is 12.5. The van der Waals surface area contributed by atoms with Crippen molar-refractivity contribution in [1.82, 2.24) is 15.1 Å². The quantitative estimate of drug-likeness (QED) is 0.655. The Labute approximate surface area is 123 Å². The van der Waals surface area contributed by atoms with E-state index in [4.69, 9.17) is 0 Å². The number of rotatable bonds is 6. The number of hydrogen-bond donors (Lipinski definition) is 1. The molecule has 0 bridgehead atoms. The second kappa shape index (κ2) is 6.49. The van der Waals surface area contributed by atoms with Gasteiger partial charge < -0.3 is 5.32 Å². The van der Waals surface area contributed by atoms with Crippen molar-refractivity contribution in [3.8, 4) is 0 Å². The molecular formula is C15H20N4O2. The van der Waals surface area contributed by atoms with Gasteiger partial charge in [0.1, 0.15) is 0 Å². The van der Waals surface area contributed by atoms with E-state index < -0.39 is 0 Å². The average molecular weight is 288 g/mol. The number of aryl methyl sites for hydroxylation is 1. The van der Waals surface area contributed by atoms with Gasteiger partial charge in [-0.2, -0.15) is 5.10 Å². The monoisotopic (exact) mass is 288 g/mol. The molecule has 0 atom stereocenters. The molecule has 6 heteroatoms. The second-order valence-corrected chi connectivity index (χ2v) is 5.40. The molecule has 0 fully saturated rings. The lowest BCUT2D eigenvalue weighted by Gasteiger charge is -2.07. The van der Waals surface area contributed by atoms with Crippen LogP contribution in [0, 0.1) is 10.1 Å². The fourth-order valence-corrected chi connectivity index (χ4v) is 2.30. The average Bonchev–Trinajstić information content (AvgIpc) is 2.80. The molecule has 0 aliphatic heterocycles. The summed E-state index contributed by atoms with van der Waals surface area (Å²) in [5, 5.41) is 18.5. The fourth-order valence-electron chi connectivity index (χ4n) is 2.30. The molecule has 0 saturated carbocycles. The number of hydrogen-bond acceptors (Lipinski definition) is 4. The van der Waals surface area contributed by atoms with Gasteiger partial charge in [-0.1, -0.05) is 26.0 Å². The van der Waals surface area contributed by atoms with Crippen LogP contribution in [0.15, 0.2) is 30.5 Å². The van der Waals surface area contributed by atoms with Crippen LogP contribution >= 0.6 is 0 Å². The predicted molar refractivity (Wildman–Crippen MR) is 80.9 cm³/mol. The third-order valence-electron chi connectivity index (χ3n) is 3.25. The summed E-state index contributed by atoms with van der Waals surface area (Å²) in [6.45, 7) is 5.52. The Morgan fingerprint density at radius 3 is 2.81 bits per heavy atom. The van der Waals surface area contributed by atoms with Gasteiger partial charge in [-0.25, -0.2) is 0 Å². The maximum Gasteiger partial charge on any atom is 0.269 e. The van der Waals surface area contributed by atoms with Gasteiger partial charge in [-0.15, -0.1) is 0 Å². The summed E-state index contributed by atoms with van der Waals surface area (Å²) in [5.41, 5.74) is 3.28. The van der Waals surface area contributed by atoms with Gasteiger partial charge in [0.05, 0.1) is 10.6 Å². The zero-order valence-corrected chi connectivity index (χ0v) is 12.5. The second-order valence-electron chi connectivity index (χ2n) is 5.40. The molecule has 0 aliphatic carbocycles. The SMILES string of the molecule is CC(C)c1nn(C)cc1CNCc1cccc([N+](=O)[O-])c1. The molecule has 1 aromatic carbocycles. The van der Waals surface area contributed by atoms with E-state index in [-0.39, 0.29) is 10.6 Å². The highest BCUT2D eigenvalue weighted by Crippen LogP contribution is 2.17. The van der Waals surface area contributed by atoms with E-state index in [1.807, 2.05) is 24.0 Å².